The van der Waals surface area contributed by atoms with E-state index >= 15 is 0 Å². The topological polar surface area (TPSA) is 56.0 Å². The molecule has 0 saturated heterocycles. The summed E-state index contributed by atoms with van der Waals surface area (Å²) in [6.45, 7) is 7.11. The number of hydrogen-bond acceptors (Lipinski definition) is 3. The van der Waals surface area contributed by atoms with Crippen molar-refractivity contribution in [1.29, 1.82) is 0 Å². The van der Waals surface area contributed by atoms with Gasteiger partial charge in [-0.1, -0.05) is 0 Å². The van der Waals surface area contributed by atoms with Crippen molar-refractivity contribution in [3.8, 4) is 0 Å². The lowest BCUT2D eigenvalue weighted by atomic mass is 10.1. The summed E-state index contributed by atoms with van der Waals surface area (Å²) in [5, 5.41) is 3.24. The number of aromatic nitrogens is 2. The number of rotatable bonds is 3. The van der Waals surface area contributed by atoms with Crippen molar-refractivity contribution >= 4 is 0 Å². The van der Waals surface area contributed by atoms with E-state index in [9.17, 15) is 9.59 Å². The van der Waals surface area contributed by atoms with Crippen molar-refractivity contribution in [3.63, 3.8) is 0 Å². The van der Waals surface area contributed by atoms with Crippen LogP contribution in [0.1, 0.15) is 20.8 Å². The second-order valence-corrected chi connectivity index (χ2v) is 4.88. The molecule has 90 valence electrons. The minimum Gasteiger partial charge on any atom is -0.310 e. The van der Waals surface area contributed by atoms with E-state index in [1.54, 1.807) is 7.05 Å². The molecule has 1 heterocycles. The highest BCUT2D eigenvalue weighted by atomic mass is 16.2. The quantitative estimate of drug-likeness (QED) is 0.783. The van der Waals surface area contributed by atoms with Gasteiger partial charge < -0.3 is 9.88 Å². The molecule has 0 aliphatic heterocycles. The highest BCUT2D eigenvalue weighted by Gasteiger charge is 2.09. The van der Waals surface area contributed by atoms with E-state index in [0.717, 1.165) is 0 Å². The van der Waals surface area contributed by atoms with Crippen molar-refractivity contribution in [2.75, 3.05) is 6.54 Å². The number of aryl methyl sites for hydroxylation is 1. The first kappa shape index (κ1) is 12.7. The van der Waals surface area contributed by atoms with Gasteiger partial charge in [0.2, 0.25) is 0 Å². The van der Waals surface area contributed by atoms with Gasteiger partial charge in [-0.05, 0) is 20.8 Å². The summed E-state index contributed by atoms with van der Waals surface area (Å²) in [5.74, 6) is 0. The Hall–Kier alpha value is -1.36. The molecule has 0 spiro atoms. The van der Waals surface area contributed by atoms with Gasteiger partial charge in [0, 0.05) is 37.9 Å². The molecule has 1 aromatic heterocycles. The molecule has 0 aliphatic rings. The van der Waals surface area contributed by atoms with Gasteiger partial charge in [0.25, 0.3) is 5.56 Å². The van der Waals surface area contributed by atoms with Crippen LogP contribution in [-0.4, -0.2) is 21.2 Å². The van der Waals surface area contributed by atoms with Crippen LogP contribution in [0.2, 0.25) is 0 Å². The van der Waals surface area contributed by atoms with Gasteiger partial charge in [0.1, 0.15) is 0 Å². The fraction of sp³-hybridized carbons (Fsp3) is 0.636. The van der Waals surface area contributed by atoms with Gasteiger partial charge in [-0.3, -0.25) is 9.36 Å². The van der Waals surface area contributed by atoms with Gasteiger partial charge in [-0.25, -0.2) is 4.79 Å². The van der Waals surface area contributed by atoms with E-state index in [2.05, 4.69) is 5.32 Å². The smallest absolute Gasteiger partial charge is 0.310 e. The van der Waals surface area contributed by atoms with E-state index in [4.69, 9.17) is 0 Å². The Bertz CT molecular complexity index is 465. The van der Waals surface area contributed by atoms with E-state index < -0.39 is 0 Å². The van der Waals surface area contributed by atoms with E-state index in [1.807, 2.05) is 20.8 Å². The second kappa shape index (κ2) is 4.65. The maximum absolute atomic E-state index is 11.6. The predicted molar refractivity (Wildman–Crippen MR) is 63.7 cm³/mol. The van der Waals surface area contributed by atoms with Crippen molar-refractivity contribution in [3.05, 3.63) is 33.1 Å². The zero-order valence-electron chi connectivity index (χ0n) is 10.3. The summed E-state index contributed by atoms with van der Waals surface area (Å²) in [5.41, 5.74) is -0.536. The summed E-state index contributed by atoms with van der Waals surface area (Å²) in [4.78, 5) is 23.1. The van der Waals surface area contributed by atoms with Gasteiger partial charge in [0.05, 0.1) is 0 Å². The molecule has 0 atom stereocenters. The fourth-order valence-corrected chi connectivity index (χ4v) is 1.36. The largest absolute Gasteiger partial charge is 0.330 e. The molecule has 0 amide bonds. The van der Waals surface area contributed by atoms with E-state index in [0.29, 0.717) is 13.1 Å². The van der Waals surface area contributed by atoms with Gasteiger partial charge in [0.15, 0.2) is 0 Å². The molecule has 0 radical (unpaired) electrons. The predicted octanol–water partition coefficient (Wildman–Crippen LogP) is -0.0649. The second-order valence-electron chi connectivity index (χ2n) is 4.88. The molecule has 5 nitrogen and oxygen atoms in total. The SMILES string of the molecule is Cn1ccc(=O)n(CCNC(C)(C)C)c1=O. The first-order valence-corrected chi connectivity index (χ1v) is 5.33. The van der Waals surface area contributed by atoms with Crippen molar-refractivity contribution < 1.29 is 0 Å². The van der Waals surface area contributed by atoms with Crippen LogP contribution in [0.5, 0.6) is 0 Å². The lowest BCUT2D eigenvalue weighted by molar-refractivity contribution is 0.405. The standard InChI is InChI=1S/C11H19N3O2/c1-11(2,3)12-6-8-14-9(15)5-7-13(4)10(14)16/h5,7,12H,6,8H2,1-4H3. The normalized spacial score (nSPS) is 11.8. The Morgan fingerprint density at radius 1 is 1.31 bits per heavy atom. The highest BCUT2D eigenvalue weighted by molar-refractivity contribution is 4.85. The van der Waals surface area contributed by atoms with Gasteiger partial charge in [-0.15, -0.1) is 0 Å². The lowest BCUT2D eigenvalue weighted by Crippen LogP contribution is -2.43. The molecular weight excluding hydrogens is 206 g/mol. The van der Waals surface area contributed by atoms with Crippen LogP contribution in [0, 0.1) is 0 Å². The Balaban J connectivity index is 2.79. The summed E-state index contributed by atoms with van der Waals surface area (Å²) in [6.07, 6.45) is 1.48. The highest BCUT2D eigenvalue weighted by Crippen LogP contribution is 1.96. The molecule has 1 rings (SSSR count). The Labute approximate surface area is 94.7 Å². The van der Waals surface area contributed by atoms with Crippen LogP contribution >= 0.6 is 0 Å². The van der Waals surface area contributed by atoms with E-state index in [-0.39, 0.29) is 16.8 Å². The third-order valence-electron chi connectivity index (χ3n) is 2.23. The molecule has 1 N–H and O–H groups in total. The van der Waals surface area contributed by atoms with Crippen molar-refractivity contribution in [1.82, 2.24) is 14.5 Å². The van der Waals surface area contributed by atoms with Crippen LogP contribution in [0.3, 0.4) is 0 Å². The number of nitrogens with zero attached hydrogens (tertiary/aromatic N) is 2. The molecule has 0 aliphatic carbocycles. The van der Waals surface area contributed by atoms with Gasteiger partial charge in [-0.2, -0.15) is 0 Å². The monoisotopic (exact) mass is 225 g/mol. The molecule has 0 aromatic carbocycles. The maximum Gasteiger partial charge on any atom is 0.330 e. The number of hydrogen-bond donors (Lipinski definition) is 1. The van der Waals surface area contributed by atoms with Gasteiger partial charge >= 0.3 is 5.69 Å². The van der Waals surface area contributed by atoms with Crippen molar-refractivity contribution in [2.24, 2.45) is 7.05 Å². The maximum atomic E-state index is 11.6. The molecular formula is C11H19N3O2. The minimum atomic E-state index is -0.275. The summed E-state index contributed by atoms with van der Waals surface area (Å²) in [7, 11) is 1.63. The fourth-order valence-electron chi connectivity index (χ4n) is 1.36. The zero-order chi connectivity index (χ0) is 12.3. The van der Waals surface area contributed by atoms with Crippen LogP contribution in [0.4, 0.5) is 0 Å². The lowest BCUT2D eigenvalue weighted by Gasteiger charge is -2.20. The molecule has 1 aromatic rings. The third-order valence-corrected chi connectivity index (χ3v) is 2.23. The zero-order valence-corrected chi connectivity index (χ0v) is 10.3. The molecule has 0 unspecified atom stereocenters. The first-order valence-electron chi connectivity index (χ1n) is 5.33. The van der Waals surface area contributed by atoms with Crippen LogP contribution < -0.4 is 16.6 Å². The average molecular weight is 225 g/mol. The van der Waals surface area contributed by atoms with Crippen LogP contribution in [0.25, 0.3) is 0 Å². The van der Waals surface area contributed by atoms with E-state index in [1.165, 1.54) is 21.4 Å². The Morgan fingerprint density at radius 3 is 2.50 bits per heavy atom. The summed E-state index contributed by atoms with van der Waals surface area (Å²) in [6, 6.07) is 1.40. The summed E-state index contributed by atoms with van der Waals surface area (Å²) < 4.78 is 2.64. The van der Waals surface area contributed by atoms with Crippen molar-refractivity contribution in [2.45, 2.75) is 32.9 Å². The molecule has 0 fully saturated rings. The number of nitrogens with one attached hydrogen (secondary N) is 1. The average Bonchev–Trinajstić information content (AvgIpc) is 2.16. The van der Waals surface area contributed by atoms with Crippen LogP contribution in [0.15, 0.2) is 21.9 Å². The first-order chi connectivity index (χ1) is 7.31. The third kappa shape index (κ3) is 3.34. The Morgan fingerprint density at radius 2 is 1.94 bits per heavy atom. The van der Waals surface area contributed by atoms with Crippen LogP contribution in [-0.2, 0) is 13.6 Å². The molecule has 5 heteroatoms. The molecule has 0 saturated carbocycles. The molecule has 16 heavy (non-hydrogen) atoms. The molecule has 0 bridgehead atoms. The minimum absolute atomic E-state index is 0.0103. The Kier molecular flexibility index (Phi) is 3.70. The summed E-state index contributed by atoms with van der Waals surface area (Å²) >= 11 is 0.